The van der Waals surface area contributed by atoms with Gasteiger partial charge in [0.05, 0.1) is 11.3 Å². The standard InChI is InChI=1S/C20H18ClN3O3/c1-2-23-18(26)15-8-3-4-9-16(15)24-17(25)10-11-20(23,24)19(27)22-14-7-5-6-13(21)12-14/h3-9,12H,2,10-11H2,1H3,(H,22,27)/t20-/m0/s1. The van der Waals surface area contributed by atoms with E-state index in [9.17, 15) is 14.4 Å². The highest BCUT2D eigenvalue weighted by molar-refractivity contribution is 6.31. The van der Waals surface area contributed by atoms with Gasteiger partial charge in [-0.2, -0.15) is 0 Å². The van der Waals surface area contributed by atoms with Crippen molar-refractivity contribution < 1.29 is 14.4 Å². The molecule has 0 radical (unpaired) electrons. The molecule has 0 unspecified atom stereocenters. The SMILES string of the molecule is CCN1C(=O)c2ccccc2N2C(=O)CC[C@]12C(=O)Nc1cccc(Cl)c1. The average molecular weight is 384 g/mol. The summed E-state index contributed by atoms with van der Waals surface area (Å²) in [7, 11) is 0. The van der Waals surface area contributed by atoms with E-state index in [-0.39, 0.29) is 24.7 Å². The van der Waals surface area contributed by atoms with Crippen molar-refractivity contribution in [3.05, 3.63) is 59.1 Å². The maximum Gasteiger partial charge on any atom is 0.271 e. The first-order chi connectivity index (χ1) is 13.0. The van der Waals surface area contributed by atoms with Gasteiger partial charge in [0, 0.05) is 30.1 Å². The molecule has 2 heterocycles. The van der Waals surface area contributed by atoms with E-state index >= 15 is 0 Å². The Hall–Kier alpha value is -2.86. The van der Waals surface area contributed by atoms with Crippen molar-refractivity contribution in [1.29, 1.82) is 0 Å². The Labute approximate surface area is 161 Å². The fourth-order valence-electron chi connectivity index (χ4n) is 4.00. The highest BCUT2D eigenvalue weighted by Gasteiger charge is 2.60. The average Bonchev–Trinajstić information content (AvgIpc) is 3.01. The van der Waals surface area contributed by atoms with Crippen molar-refractivity contribution >= 4 is 40.7 Å². The second-order valence-corrected chi connectivity index (χ2v) is 7.01. The van der Waals surface area contributed by atoms with Gasteiger partial charge in [-0.1, -0.05) is 29.8 Å². The van der Waals surface area contributed by atoms with E-state index in [1.807, 2.05) is 0 Å². The Kier molecular flexibility index (Phi) is 4.15. The lowest BCUT2D eigenvalue weighted by molar-refractivity contribution is -0.128. The predicted octanol–water partition coefficient (Wildman–Crippen LogP) is 3.28. The van der Waals surface area contributed by atoms with Gasteiger partial charge in [-0.05, 0) is 37.3 Å². The third-order valence-corrected chi connectivity index (χ3v) is 5.37. The smallest absolute Gasteiger partial charge is 0.271 e. The first-order valence-electron chi connectivity index (χ1n) is 8.80. The second kappa shape index (κ2) is 6.39. The number of hydrogen-bond donors (Lipinski definition) is 1. The van der Waals surface area contributed by atoms with Crippen LogP contribution in [0.2, 0.25) is 5.02 Å². The van der Waals surface area contributed by atoms with Crippen LogP contribution in [-0.4, -0.2) is 34.8 Å². The summed E-state index contributed by atoms with van der Waals surface area (Å²) in [4.78, 5) is 42.2. The lowest BCUT2D eigenvalue weighted by atomic mass is 9.95. The summed E-state index contributed by atoms with van der Waals surface area (Å²) in [5.74, 6) is -0.838. The molecule has 6 nitrogen and oxygen atoms in total. The summed E-state index contributed by atoms with van der Waals surface area (Å²) in [5, 5.41) is 3.33. The minimum Gasteiger partial charge on any atom is -0.322 e. The van der Waals surface area contributed by atoms with Gasteiger partial charge in [0.15, 0.2) is 0 Å². The van der Waals surface area contributed by atoms with Crippen LogP contribution in [0.15, 0.2) is 48.5 Å². The number of para-hydroxylation sites is 1. The quantitative estimate of drug-likeness (QED) is 0.884. The number of likely N-dealkylation sites (N-methyl/N-ethyl adjacent to an activating group) is 1. The fourth-order valence-corrected chi connectivity index (χ4v) is 4.19. The minimum atomic E-state index is -1.38. The van der Waals surface area contributed by atoms with Gasteiger partial charge < -0.3 is 10.2 Å². The van der Waals surface area contributed by atoms with E-state index in [0.717, 1.165) is 0 Å². The molecule has 7 heteroatoms. The summed E-state index contributed by atoms with van der Waals surface area (Å²) >= 11 is 6.01. The molecule has 1 N–H and O–H groups in total. The maximum absolute atomic E-state index is 13.4. The van der Waals surface area contributed by atoms with Crippen LogP contribution >= 0.6 is 11.6 Å². The van der Waals surface area contributed by atoms with E-state index in [0.29, 0.717) is 28.5 Å². The van der Waals surface area contributed by atoms with Crippen LogP contribution in [0.5, 0.6) is 0 Å². The maximum atomic E-state index is 13.4. The number of hydrogen-bond acceptors (Lipinski definition) is 3. The molecule has 1 saturated heterocycles. The molecule has 2 aromatic carbocycles. The van der Waals surface area contributed by atoms with Crippen LogP contribution in [0.1, 0.15) is 30.1 Å². The second-order valence-electron chi connectivity index (χ2n) is 6.58. The molecule has 27 heavy (non-hydrogen) atoms. The third kappa shape index (κ3) is 2.51. The topological polar surface area (TPSA) is 69.7 Å². The monoisotopic (exact) mass is 383 g/mol. The lowest BCUT2D eigenvalue weighted by Gasteiger charge is -2.48. The highest BCUT2D eigenvalue weighted by atomic mass is 35.5. The summed E-state index contributed by atoms with van der Waals surface area (Å²) in [6.45, 7) is 2.11. The van der Waals surface area contributed by atoms with Gasteiger partial charge in [0.25, 0.3) is 11.8 Å². The van der Waals surface area contributed by atoms with Gasteiger partial charge in [-0.15, -0.1) is 0 Å². The molecular formula is C20H18ClN3O3. The normalized spacial score (nSPS) is 21.1. The van der Waals surface area contributed by atoms with E-state index in [4.69, 9.17) is 11.6 Å². The summed E-state index contributed by atoms with van der Waals surface area (Å²) in [6.07, 6.45) is 0.438. The number of rotatable bonds is 3. The van der Waals surface area contributed by atoms with E-state index in [1.54, 1.807) is 55.5 Å². The predicted molar refractivity (Wildman–Crippen MR) is 103 cm³/mol. The first-order valence-corrected chi connectivity index (χ1v) is 9.18. The molecule has 0 spiro atoms. The van der Waals surface area contributed by atoms with Crippen molar-refractivity contribution in [3.63, 3.8) is 0 Å². The van der Waals surface area contributed by atoms with Gasteiger partial charge in [-0.3, -0.25) is 19.3 Å². The van der Waals surface area contributed by atoms with Crippen molar-refractivity contribution in [1.82, 2.24) is 4.90 Å². The van der Waals surface area contributed by atoms with Crippen LogP contribution in [-0.2, 0) is 9.59 Å². The molecule has 3 amide bonds. The summed E-state index contributed by atoms with van der Waals surface area (Å²) < 4.78 is 0. The lowest BCUT2D eigenvalue weighted by Crippen LogP contribution is -2.69. The zero-order valence-corrected chi connectivity index (χ0v) is 15.5. The molecule has 138 valence electrons. The van der Waals surface area contributed by atoms with Crippen LogP contribution in [0.4, 0.5) is 11.4 Å². The number of anilines is 2. The largest absolute Gasteiger partial charge is 0.322 e. The number of carbonyl (C=O) groups is 3. The molecule has 0 aromatic heterocycles. The van der Waals surface area contributed by atoms with Crippen LogP contribution in [0, 0.1) is 0 Å². The van der Waals surface area contributed by atoms with Crippen molar-refractivity contribution in [2.24, 2.45) is 0 Å². The van der Waals surface area contributed by atoms with E-state index < -0.39 is 11.6 Å². The molecule has 4 rings (SSSR count). The Balaban J connectivity index is 1.84. The Morgan fingerprint density at radius 2 is 1.96 bits per heavy atom. The molecule has 2 aliphatic heterocycles. The molecule has 1 fully saturated rings. The van der Waals surface area contributed by atoms with Crippen molar-refractivity contribution in [2.45, 2.75) is 25.4 Å². The molecule has 2 aliphatic rings. The van der Waals surface area contributed by atoms with Gasteiger partial charge in [-0.25, -0.2) is 0 Å². The highest BCUT2D eigenvalue weighted by Crippen LogP contribution is 2.44. The molecule has 0 bridgehead atoms. The molecule has 0 saturated carbocycles. The van der Waals surface area contributed by atoms with Gasteiger partial charge in [0.2, 0.25) is 11.6 Å². The van der Waals surface area contributed by atoms with Crippen LogP contribution in [0.3, 0.4) is 0 Å². The van der Waals surface area contributed by atoms with E-state index in [2.05, 4.69) is 5.32 Å². The number of carbonyl (C=O) groups excluding carboxylic acids is 3. The number of halogens is 1. The van der Waals surface area contributed by atoms with Crippen molar-refractivity contribution in [2.75, 3.05) is 16.8 Å². The van der Waals surface area contributed by atoms with E-state index in [1.165, 1.54) is 9.80 Å². The molecule has 0 aliphatic carbocycles. The third-order valence-electron chi connectivity index (χ3n) is 5.14. The number of amides is 3. The summed E-state index contributed by atoms with van der Waals surface area (Å²) in [5.41, 5.74) is 0.0554. The Morgan fingerprint density at radius 3 is 2.70 bits per heavy atom. The van der Waals surface area contributed by atoms with Crippen LogP contribution in [0.25, 0.3) is 0 Å². The summed E-state index contributed by atoms with van der Waals surface area (Å²) in [6, 6.07) is 13.7. The number of nitrogens with one attached hydrogen (secondary N) is 1. The minimum absolute atomic E-state index is 0.172. The molecular weight excluding hydrogens is 366 g/mol. The number of nitrogens with zero attached hydrogens (tertiary/aromatic N) is 2. The van der Waals surface area contributed by atoms with Gasteiger partial charge in [0.1, 0.15) is 0 Å². The zero-order chi connectivity index (χ0) is 19.2. The first kappa shape index (κ1) is 17.5. The number of fused-ring (bicyclic) bond motifs is 3. The fraction of sp³-hybridized carbons (Fsp3) is 0.250. The molecule has 1 atom stereocenters. The zero-order valence-electron chi connectivity index (χ0n) is 14.7. The van der Waals surface area contributed by atoms with Gasteiger partial charge >= 0.3 is 0 Å². The van der Waals surface area contributed by atoms with Crippen LogP contribution < -0.4 is 10.2 Å². The molecule has 2 aromatic rings. The van der Waals surface area contributed by atoms with Crippen molar-refractivity contribution in [3.8, 4) is 0 Å². The number of benzene rings is 2. The Bertz CT molecular complexity index is 961. The Morgan fingerprint density at radius 1 is 1.19 bits per heavy atom.